The Hall–Kier alpha value is -1.39. The summed E-state index contributed by atoms with van der Waals surface area (Å²) < 4.78 is 5.53. The molecular formula is C12H14ClN3O. The van der Waals surface area contributed by atoms with Gasteiger partial charge in [0.1, 0.15) is 0 Å². The number of benzene rings is 1. The molecule has 0 aliphatic rings. The van der Waals surface area contributed by atoms with Gasteiger partial charge in [-0.15, -0.1) is 10.2 Å². The summed E-state index contributed by atoms with van der Waals surface area (Å²) in [6.45, 7) is 2.37. The Morgan fingerprint density at radius 2 is 2.24 bits per heavy atom. The van der Waals surface area contributed by atoms with E-state index in [0.29, 0.717) is 23.3 Å². The number of halogens is 1. The number of nitrogens with zero attached hydrogens (tertiary/aromatic N) is 2. The van der Waals surface area contributed by atoms with Crippen LogP contribution in [0.5, 0.6) is 0 Å². The molecular weight excluding hydrogens is 238 g/mol. The second kappa shape index (κ2) is 5.29. The van der Waals surface area contributed by atoms with Gasteiger partial charge in [0.2, 0.25) is 11.8 Å². The molecule has 5 heteroatoms. The Labute approximate surface area is 105 Å². The highest BCUT2D eigenvalue weighted by molar-refractivity contribution is 6.30. The molecule has 1 heterocycles. The fourth-order valence-corrected chi connectivity index (χ4v) is 1.85. The lowest BCUT2D eigenvalue weighted by atomic mass is 9.99. The molecule has 0 aliphatic heterocycles. The number of nitrogens with two attached hydrogens (primary N) is 1. The zero-order valence-corrected chi connectivity index (χ0v) is 10.3. The first-order chi connectivity index (χ1) is 8.24. The van der Waals surface area contributed by atoms with E-state index < -0.39 is 0 Å². The minimum Gasteiger partial charge on any atom is -0.425 e. The Bertz CT molecular complexity index is 498. The summed E-state index contributed by atoms with van der Waals surface area (Å²) in [4.78, 5) is 0. The van der Waals surface area contributed by atoms with Crippen LogP contribution in [0, 0.1) is 0 Å². The van der Waals surface area contributed by atoms with Crippen molar-refractivity contribution >= 4 is 11.6 Å². The monoisotopic (exact) mass is 251 g/mol. The first-order valence-electron chi connectivity index (χ1n) is 5.52. The molecule has 0 radical (unpaired) electrons. The second-order valence-corrected chi connectivity index (χ2v) is 4.17. The van der Waals surface area contributed by atoms with Gasteiger partial charge in [-0.2, -0.15) is 0 Å². The van der Waals surface area contributed by atoms with Gasteiger partial charge in [-0.05, 0) is 17.7 Å². The molecule has 0 bridgehead atoms. The van der Waals surface area contributed by atoms with E-state index in [1.54, 1.807) is 0 Å². The average molecular weight is 252 g/mol. The van der Waals surface area contributed by atoms with Crippen molar-refractivity contribution in [3.05, 3.63) is 46.6 Å². The summed E-state index contributed by atoms with van der Waals surface area (Å²) in [6, 6.07) is 7.54. The SMILES string of the molecule is CCc1nnc(C(CN)c2cccc(Cl)c2)o1. The van der Waals surface area contributed by atoms with Crippen LogP contribution in [0.3, 0.4) is 0 Å². The highest BCUT2D eigenvalue weighted by Gasteiger charge is 2.19. The Morgan fingerprint density at radius 1 is 1.41 bits per heavy atom. The normalized spacial score (nSPS) is 12.6. The summed E-state index contributed by atoms with van der Waals surface area (Å²) in [7, 11) is 0. The molecule has 1 aromatic carbocycles. The second-order valence-electron chi connectivity index (χ2n) is 3.73. The molecule has 1 aromatic heterocycles. The summed E-state index contributed by atoms with van der Waals surface area (Å²) in [6.07, 6.45) is 0.722. The summed E-state index contributed by atoms with van der Waals surface area (Å²) in [5, 5.41) is 8.65. The number of rotatable bonds is 4. The molecule has 2 aromatic rings. The predicted octanol–water partition coefficient (Wildman–Crippen LogP) is 2.38. The highest BCUT2D eigenvalue weighted by atomic mass is 35.5. The van der Waals surface area contributed by atoms with Crippen LogP contribution >= 0.6 is 11.6 Å². The van der Waals surface area contributed by atoms with E-state index in [0.717, 1.165) is 12.0 Å². The van der Waals surface area contributed by atoms with Gasteiger partial charge in [0.25, 0.3) is 0 Å². The first kappa shape index (κ1) is 12.1. The zero-order chi connectivity index (χ0) is 12.3. The van der Waals surface area contributed by atoms with Crippen molar-refractivity contribution in [1.29, 1.82) is 0 Å². The topological polar surface area (TPSA) is 64.9 Å². The van der Waals surface area contributed by atoms with Crippen LogP contribution in [0.25, 0.3) is 0 Å². The molecule has 17 heavy (non-hydrogen) atoms. The van der Waals surface area contributed by atoms with Crippen LogP contribution in [-0.4, -0.2) is 16.7 Å². The lowest BCUT2D eigenvalue weighted by Crippen LogP contribution is -2.14. The van der Waals surface area contributed by atoms with Gasteiger partial charge in [-0.1, -0.05) is 30.7 Å². The highest BCUT2D eigenvalue weighted by Crippen LogP contribution is 2.24. The minimum absolute atomic E-state index is 0.0958. The van der Waals surface area contributed by atoms with Crippen LogP contribution in [0.1, 0.15) is 30.2 Å². The maximum atomic E-state index is 5.96. The average Bonchev–Trinajstić information content (AvgIpc) is 2.79. The Kier molecular flexibility index (Phi) is 3.76. The molecule has 2 rings (SSSR count). The zero-order valence-electron chi connectivity index (χ0n) is 9.56. The summed E-state index contributed by atoms with van der Waals surface area (Å²) in [5.74, 6) is 1.08. The quantitative estimate of drug-likeness (QED) is 0.906. The largest absolute Gasteiger partial charge is 0.425 e. The molecule has 0 saturated carbocycles. The van der Waals surface area contributed by atoms with Crippen LogP contribution < -0.4 is 5.73 Å². The van der Waals surface area contributed by atoms with E-state index in [9.17, 15) is 0 Å². The third kappa shape index (κ3) is 2.65. The van der Waals surface area contributed by atoms with Gasteiger partial charge in [-0.3, -0.25) is 0 Å². The van der Waals surface area contributed by atoms with Crippen LogP contribution in [0.4, 0.5) is 0 Å². The van der Waals surface area contributed by atoms with Gasteiger partial charge in [0, 0.05) is 18.0 Å². The first-order valence-corrected chi connectivity index (χ1v) is 5.90. The molecule has 0 spiro atoms. The van der Waals surface area contributed by atoms with Crippen molar-refractivity contribution in [3.63, 3.8) is 0 Å². The van der Waals surface area contributed by atoms with Crippen molar-refractivity contribution < 1.29 is 4.42 Å². The fraction of sp³-hybridized carbons (Fsp3) is 0.333. The van der Waals surface area contributed by atoms with Crippen LogP contribution in [0.2, 0.25) is 5.02 Å². The van der Waals surface area contributed by atoms with E-state index >= 15 is 0 Å². The van der Waals surface area contributed by atoms with Crippen LogP contribution in [0.15, 0.2) is 28.7 Å². The van der Waals surface area contributed by atoms with E-state index in [1.165, 1.54) is 0 Å². The molecule has 0 fully saturated rings. The smallest absolute Gasteiger partial charge is 0.225 e. The van der Waals surface area contributed by atoms with E-state index in [2.05, 4.69) is 10.2 Å². The Balaban J connectivity index is 2.33. The van der Waals surface area contributed by atoms with Crippen molar-refractivity contribution in [2.45, 2.75) is 19.3 Å². The van der Waals surface area contributed by atoms with Gasteiger partial charge >= 0.3 is 0 Å². The van der Waals surface area contributed by atoms with Crippen LogP contribution in [-0.2, 0) is 6.42 Å². The summed E-state index contributed by atoms with van der Waals surface area (Å²) in [5.41, 5.74) is 6.76. The third-order valence-electron chi connectivity index (χ3n) is 2.57. The molecule has 1 atom stereocenters. The lowest BCUT2D eigenvalue weighted by Gasteiger charge is -2.10. The fourth-order valence-electron chi connectivity index (χ4n) is 1.65. The van der Waals surface area contributed by atoms with Gasteiger partial charge < -0.3 is 10.2 Å². The van der Waals surface area contributed by atoms with Gasteiger partial charge in [0.05, 0.1) is 5.92 Å². The maximum absolute atomic E-state index is 5.96. The number of hydrogen-bond donors (Lipinski definition) is 1. The van der Waals surface area contributed by atoms with Crippen molar-refractivity contribution in [3.8, 4) is 0 Å². The lowest BCUT2D eigenvalue weighted by molar-refractivity contribution is 0.437. The number of hydrogen-bond acceptors (Lipinski definition) is 4. The molecule has 0 saturated heterocycles. The van der Waals surface area contributed by atoms with E-state index in [4.69, 9.17) is 21.8 Å². The molecule has 4 nitrogen and oxygen atoms in total. The van der Waals surface area contributed by atoms with Gasteiger partial charge in [-0.25, -0.2) is 0 Å². The van der Waals surface area contributed by atoms with Crippen molar-refractivity contribution in [2.75, 3.05) is 6.54 Å². The molecule has 0 amide bonds. The molecule has 90 valence electrons. The van der Waals surface area contributed by atoms with Crippen molar-refractivity contribution in [2.24, 2.45) is 5.73 Å². The minimum atomic E-state index is -0.0958. The number of aryl methyl sites for hydroxylation is 1. The predicted molar refractivity (Wildman–Crippen MR) is 66.0 cm³/mol. The molecule has 0 aliphatic carbocycles. The van der Waals surface area contributed by atoms with E-state index in [1.807, 2.05) is 31.2 Å². The van der Waals surface area contributed by atoms with Crippen molar-refractivity contribution in [1.82, 2.24) is 10.2 Å². The standard InChI is InChI=1S/C12H14ClN3O/c1-2-11-15-16-12(17-11)10(7-14)8-4-3-5-9(13)6-8/h3-6,10H,2,7,14H2,1H3. The van der Waals surface area contributed by atoms with Gasteiger partial charge in [0.15, 0.2) is 0 Å². The maximum Gasteiger partial charge on any atom is 0.225 e. The van der Waals surface area contributed by atoms with E-state index in [-0.39, 0.29) is 5.92 Å². The summed E-state index contributed by atoms with van der Waals surface area (Å²) >= 11 is 5.96. The molecule has 1 unspecified atom stereocenters. The molecule has 2 N–H and O–H groups in total. The Morgan fingerprint density at radius 3 is 2.82 bits per heavy atom. The third-order valence-corrected chi connectivity index (χ3v) is 2.80. The number of aromatic nitrogens is 2.